The van der Waals surface area contributed by atoms with E-state index in [4.69, 9.17) is 11.6 Å². The largest absolute Gasteiger partial charge is 0.357 e. The molecule has 0 fully saturated rings. The van der Waals surface area contributed by atoms with Crippen molar-refractivity contribution in [2.75, 3.05) is 38.3 Å². The van der Waals surface area contributed by atoms with Crippen LogP contribution in [-0.4, -0.2) is 53.6 Å². The number of nitrogens with one attached hydrogen (secondary N) is 2. The number of halogens is 1. The maximum absolute atomic E-state index is 5.79. The van der Waals surface area contributed by atoms with Crippen LogP contribution in [0.15, 0.2) is 0 Å². The molecule has 0 aliphatic rings. The highest BCUT2D eigenvalue weighted by molar-refractivity contribution is 6.28. The van der Waals surface area contributed by atoms with E-state index in [9.17, 15) is 0 Å². The molecule has 1 aromatic heterocycles. The van der Waals surface area contributed by atoms with Crippen LogP contribution in [0.25, 0.3) is 0 Å². The molecule has 0 aliphatic carbocycles. The van der Waals surface area contributed by atoms with Gasteiger partial charge in [0.15, 0.2) is 0 Å². The third-order valence-corrected chi connectivity index (χ3v) is 2.39. The summed E-state index contributed by atoms with van der Waals surface area (Å²) in [5, 5.41) is 6.22. The number of hydrogen-bond acceptors (Lipinski definition) is 6. The van der Waals surface area contributed by atoms with E-state index in [2.05, 4.69) is 37.4 Å². The first-order chi connectivity index (χ1) is 8.01. The van der Waals surface area contributed by atoms with Crippen molar-refractivity contribution in [3.8, 4) is 0 Å². The maximum atomic E-state index is 5.79. The number of anilines is 2. The van der Waals surface area contributed by atoms with Gasteiger partial charge in [0.2, 0.25) is 17.2 Å². The van der Waals surface area contributed by atoms with Gasteiger partial charge in [-0.2, -0.15) is 15.0 Å². The molecular formula is C10H19ClN6. The Hall–Kier alpha value is -1.14. The lowest BCUT2D eigenvalue weighted by Crippen LogP contribution is -2.24. The molecule has 0 saturated carbocycles. The highest BCUT2D eigenvalue weighted by Crippen LogP contribution is 2.10. The molecule has 7 heteroatoms. The maximum Gasteiger partial charge on any atom is 0.229 e. The second-order valence-electron chi connectivity index (χ2n) is 4.14. The smallest absolute Gasteiger partial charge is 0.229 e. The lowest BCUT2D eigenvalue weighted by molar-refractivity contribution is 0.390. The third-order valence-electron chi connectivity index (χ3n) is 2.22. The average molecular weight is 259 g/mol. The molecule has 1 heterocycles. The zero-order chi connectivity index (χ0) is 12.8. The first kappa shape index (κ1) is 13.9. The Labute approximate surface area is 107 Å². The summed E-state index contributed by atoms with van der Waals surface area (Å²) in [5.74, 6) is 0.966. The molecule has 0 radical (unpaired) electrons. The van der Waals surface area contributed by atoms with Crippen LogP contribution in [0.4, 0.5) is 11.9 Å². The van der Waals surface area contributed by atoms with Gasteiger partial charge in [-0.15, -0.1) is 0 Å². The van der Waals surface area contributed by atoms with E-state index >= 15 is 0 Å². The summed E-state index contributed by atoms with van der Waals surface area (Å²) >= 11 is 5.79. The SMILES string of the molecule is CNc1nc(Cl)nc(NC(C)CCN(C)C)n1. The van der Waals surface area contributed by atoms with Crippen molar-refractivity contribution in [1.29, 1.82) is 0 Å². The average Bonchev–Trinajstić information content (AvgIpc) is 2.25. The molecule has 1 unspecified atom stereocenters. The summed E-state index contributed by atoms with van der Waals surface area (Å²) in [5.41, 5.74) is 0. The van der Waals surface area contributed by atoms with E-state index in [0.717, 1.165) is 13.0 Å². The molecule has 0 bridgehead atoms. The number of aromatic nitrogens is 3. The molecule has 0 aromatic carbocycles. The van der Waals surface area contributed by atoms with Gasteiger partial charge in [0.1, 0.15) is 0 Å². The Morgan fingerprint density at radius 2 is 1.88 bits per heavy atom. The van der Waals surface area contributed by atoms with Gasteiger partial charge in [-0.3, -0.25) is 0 Å². The van der Waals surface area contributed by atoms with Crippen LogP contribution in [0.3, 0.4) is 0 Å². The molecule has 1 aromatic rings. The molecule has 0 saturated heterocycles. The van der Waals surface area contributed by atoms with Gasteiger partial charge in [-0.25, -0.2) is 0 Å². The molecule has 0 spiro atoms. The molecule has 1 atom stereocenters. The van der Waals surface area contributed by atoms with Gasteiger partial charge in [-0.05, 0) is 45.6 Å². The van der Waals surface area contributed by atoms with Crippen LogP contribution in [0.5, 0.6) is 0 Å². The molecule has 17 heavy (non-hydrogen) atoms. The summed E-state index contributed by atoms with van der Waals surface area (Å²) < 4.78 is 0. The first-order valence-corrected chi connectivity index (χ1v) is 5.89. The third kappa shape index (κ3) is 5.14. The molecule has 1 rings (SSSR count). The van der Waals surface area contributed by atoms with Crippen molar-refractivity contribution >= 4 is 23.5 Å². The van der Waals surface area contributed by atoms with Crippen LogP contribution in [-0.2, 0) is 0 Å². The fraction of sp³-hybridized carbons (Fsp3) is 0.700. The fourth-order valence-electron chi connectivity index (χ4n) is 1.27. The summed E-state index contributed by atoms with van der Waals surface area (Å²) in [6, 6.07) is 0.278. The van der Waals surface area contributed by atoms with Crippen LogP contribution in [0.2, 0.25) is 5.28 Å². The first-order valence-electron chi connectivity index (χ1n) is 5.52. The lowest BCUT2D eigenvalue weighted by Gasteiger charge is -2.16. The molecule has 96 valence electrons. The van der Waals surface area contributed by atoms with E-state index in [1.165, 1.54) is 0 Å². The van der Waals surface area contributed by atoms with Crippen LogP contribution in [0, 0.1) is 0 Å². The fourth-order valence-corrected chi connectivity index (χ4v) is 1.43. The number of nitrogens with zero attached hydrogens (tertiary/aromatic N) is 4. The summed E-state index contributed by atoms with van der Waals surface area (Å²) in [4.78, 5) is 14.3. The minimum absolute atomic E-state index is 0.187. The lowest BCUT2D eigenvalue weighted by atomic mass is 10.2. The zero-order valence-electron chi connectivity index (χ0n) is 10.7. The Bertz CT molecular complexity index is 357. The Morgan fingerprint density at radius 1 is 1.24 bits per heavy atom. The summed E-state index contributed by atoms with van der Waals surface area (Å²) in [6.45, 7) is 3.09. The minimum Gasteiger partial charge on any atom is -0.357 e. The Kier molecular flexibility index (Phi) is 5.37. The van der Waals surface area contributed by atoms with Gasteiger partial charge in [0, 0.05) is 13.1 Å². The zero-order valence-corrected chi connectivity index (χ0v) is 11.4. The van der Waals surface area contributed by atoms with Gasteiger partial charge in [0.05, 0.1) is 0 Å². The molecular weight excluding hydrogens is 240 g/mol. The Balaban J connectivity index is 2.58. The van der Waals surface area contributed by atoms with Crippen molar-refractivity contribution in [3.63, 3.8) is 0 Å². The quantitative estimate of drug-likeness (QED) is 0.802. The van der Waals surface area contributed by atoms with Gasteiger partial charge in [0.25, 0.3) is 0 Å². The van der Waals surface area contributed by atoms with Gasteiger partial charge < -0.3 is 15.5 Å². The molecule has 0 amide bonds. The van der Waals surface area contributed by atoms with Crippen molar-refractivity contribution in [2.24, 2.45) is 0 Å². The van der Waals surface area contributed by atoms with E-state index in [1.54, 1.807) is 7.05 Å². The monoisotopic (exact) mass is 258 g/mol. The van der Waals surface area contributed by atoms with E-state index in [-0.39, 0.29) is 11.3 Å². The van der Waals surface area contributed by atoms with E-state index in [1.807, 2.05) is 14.1 Å². The van der Waals surface area contributed by atoms with Crippen LogP contribution >= 0.6 is 11.6 Å². The van der Waals surface area contributed by atoms with Crippen molar-refractivity contribution in [1.82, 2.24) is 19.9 Å². The highest BCUT2D eigenvalue weighted by atomic mass is 35.5. The topological polar surface area (TPSA) is 66.0 Å². The number of hydrogen-bond donors (Lipinski definition) is 2. The highest BCUT2D eigenvalue weighted by Gasteiger charge is 2.07. The molecule has 6 nitrogen and oxygen atoms in total. The van der Waals surface area contributed by atoms with Crippen molar-refractivity contribution in [2.45, 2.75) is 19.4 Å². The normalized spacial score (nSPS) is 12.6. The Morgan fingerprint density at radius 3 is 2.47 bits per heavy atom. The van der Waals surface area contributed by atoms with Crippen LogP contribution in [0.1, 0.15) is 13.3 Å². The minimum atomic E-state index is 0.187. The van der Waals surface area contributed by atoms with Crippen molar-refractivity contribution in [3.05, 3.63) is 5.28 Å². The van der Waals surface area contributed by atoms with Gasteiger partial charge in [-0.1, -0.05) is 0 Å². The van der Waals surface area contributed by atoms with E-state index < -0.39 is 0 Å². The van der Waals surface area contributed by atoms with Gasteiger partial charge >= 0.3 is 0 Å². The van der Waals surface area contributed by atoms with Crippen LogP contribution < -0.4 is 10.6 Å². The summed E-state index contributed by atoms with van der Waals surface area (Å²) in [6.07, 6.45) is 1.01. The van der Waals surface area contributed by atoms with E-state index in [0.29, 0.717) is 11.9 Å². The summed E-state index contributed by atoms with van der Waals surface area (Å²) in [7, 11) is 5.84. The molecule has 0 aliphatic heterocycles. The number of rotatable bonds is 6. The second kappa shape index (κ2) is 6.56. The standard InChI is InChI=1S/C10H19ClN6/c1-7(5-6-17(3)4)13-10-15-8(11)14-9(12-2)16-10/h7H,5-6H2,1-4H3,(H2,12,13,14,15,16). The predicted molar refractivity (Wildman–Crippen MR) is 70.6 cm³/mol. The molecule has 2 N–H and O–H groups in total. The van der Waals surface area contributed by atoms with Crippen molar-refractivity contribution < 1.29 is 0 Å². The second-order valence-corrected chi connectivity index (χ2v) is 4.48. The predicted octanol–water partition coefficient (Wildman–Crippen LogP) is 1.32.